The second-order valence-electron chi connectivity index (χ2n) is 2.02. The fourth-order valence-electron chi connectivity index (χ4n) is 0.486. The summed E-state index contributed by atoms with van der Waals surface area (Å²) in [7, 11) is 0. The molecule has 0 saturated carbocycles. The van der Waals surface area contributed by atoms with Crippen LogP contribution in [0.4, 0.5) is 0 Å². The lowest BCUT2D eigenvalue weighted by Gasteiger charge is -1.91. The summed E-state index contributed by atoms with van der Waals surface area (Å²) in [5, 5.41) is 0. The molecule has 0 aliphatic heterocycles. The molecule has 1 aromatic rings. The minimum absolute atomic E-state index is 1.19. The van der Waals surface area contributed by atoms with Gasteiger partial charge in [-0.2, -0.15) is 0 Å². The smallest absolute Gasteiger partial charge is 0.0184 e. The molecule has 2 radical (unpaired) electrons. The second-order valence-corrected chi connectivity index (χ2v) is 2.02. The second kappa shape index (κ2) is 4.80. The molecule has 2 rings (SSSR count). The van der Waals surface area contributed by atoms with Crippen molar-refractivity contribution in [1.82, 2.24) is 0 Å². The van der Waals surface area contributed by atoms with E-state index in [9.17, 15) is 0 Å². The summed E-state index contributed by atoms with van der Waals surface area (Å²) in [6.07, 6.45) is 7.50. The third kappa shape index (κ3) is 3.08. The van der Waals surface area contributed by atoms with E-state index in [4.69, 9.17) is 0 Å². The Kier molecular flexibility index (Phi) is 3.40. The van der Waals surface area contributed by atoms with Crippen molar-refractivity contribution in [3.63, 3.8) is 0 Å². The molecule has 0 N–H and O–H groups in total. The van der Waals surface area contributed by atoms with Crippen LogP contribution in [0.1, 0.15) is 12.8 Å². The minimum atomic E-state index is 1.19. The van der Waals surface area contributed by atoms with Crippen LogP contribution in [0.5, 0.6) is 0 Å². The quantitative estimate of drug-likeness (QED) is 0.506. The summed E-state index contributed by atoms with van der Waals surface area (Å²) in [6.45, 7) is 0. The number of rotatable bonds is 0. The van der Waals surface area contributed by atoms with Crippen LogP contribution in [0.3, 0.4) is 0 Å². The van der Waals surface area contributed by atoms with Gasteiger partial charge in [-0.25, -0.2) is 0 Å². The maximum absolute atomic E-state index is 2.99. The van der Waals surface area contributed by atoms with E-state index in [0.29, 0.717) is 0 Å². The van der Waals surface area contributed by atoms with E-state index in [-0.39, 0.29) is 0 Å². The molecule has 0 unspecified atom stereocenters. The van der Waals surface area contributed by atoms with E-state index in [1.54, 1.807) is 0 Å². The Morgan fingerprint density at radius 3 is 1.60 bits per heavy atom. The Balaban J connectivity index is 0.000000108. The zero-order valence-corrected chi connectivity index (χ0v) is 5.88. The van der Waals surface area contributed by atoms with Gasteiger partial charge in [0.15, 0.2) is 0 Å². The maximum Gasteiger partial charge on any atom is -0.0184 e. The van der Waals surface area contributed by atoms with Crippen LogP contribution < -0.4 is 0 Å². The molecule has 0 heteroatoms. The summed E-state index contributed by atoms with van der Waals surface area (Å²) in [5.74, 6) is 0. The van der Waals surface area contributed by atoms with Crippen LogP contribution in [-0.2, 0) is 0 Å². The molecule has 0 aromatic heterocycles. The average Bonchev–Trinajstić information content (AvgIpc) is 1.88. The van der Waals surface area contributed by atoms with Gasteiger partial charge in [0.2, 0.25) is 0 Å². The first-order valence-corrected chi connectivity index (χ1v) is 3.46. The molecule has 50 valence electrons. The van der Waals surface area contributed by atoms with Gasteiger partial charge in [-0.05, 0) is 25.0 Å². The third-order valence-electron chi connectivity index (χ3n) is 1.18. The fourth-order valence-corrected chi connectivity index (χ4v) is 0.486. The molecular weight excluding hydrogens is 120 g/mol. The van der Waals surface area contributed by atoms with Crippen molar-refractivity contribution >= 4 is 0 Å². The predicted molar refractivity (Wildman–Crippen MR) is 42.3 cm³/mol. The predicted octanol–water partition coefficient (Wildman–Crippen LogP) is 2.63. The van der Waals surface area contributed by atoms with Crippen molar-refractivity contribution in [2.45, 2.75) is 12.8 Å². The topological polar surface area (TPSA) is 0 Å². The SMILES string of the molecule is [C]1=CCC1.[c]1ccccc1. The first kappa shape index (κ1) is 7.07. The Labute approximate surface area is 62.2 Å². The Bertz CT molecular complexity index is 142. The van der Waals surface area contributed by atoms with E-state index in [1.807, 2.05) is 30.3 Å². The highest BCUT2D eigenvalue weighted by atomic mass is 13.9. The van der Waals surface area contributed by atoms with Gasteiger partial charge < -0.3 is 0 Å². The zero-order valence-electron chi connectivity index (χ0n) is 5.88. The first-order valence-electron chi connectivity index (χ1n) is 3.46. The van der Waals surface area contributed by atoms with Crippen LogP contribution in [0.25, 0.3) is 0 Å². The van der Waals surface area contributed by atoms with Crippen LogP contribution in [0, 0.1) is 12.1 Å². The Morgan fingerprint density at radius 2 is 1.50 bits per heavy atom. The standard InChI is InChI=1S/C6H5.C4H5/c1-2-4-6-5-3-1;1-2-4-3-1/h1-5H;1H,2,4H2. The monoisotopic (exact) mass is 130 g/mol. The molecule has 1 aliphatic carbocycles. The number of benzene rings is 1. The van der Waals surface area contributed by atoms with Gasteiger partial charge in [-0.1, -0.05) is 36.4 Å². The highest BCUT2D eigenvalue weighted by Crippen LogP contribution is 2.00. The van der Waals surface area contributed by atoms with Gasteiger partial charge in [0.25, 0.3) is 0 Å². The molecule has 0 nitrogen and oxygen atoms in total. The van der Waals surface area contributed by atoms with Gasteiger partial charge in [0.1, 0.15) is 0 Å². The first-order chi connectivity index (χ1) is 5.00. The molecule has 0 fully saturated rings. The molecular formula is C10H10. The Hall–Kier alpha value is -1.04. The molecule has 0 saturated heterocycles. The van der Waals surface area contributed by atoms with E-state index < -0.39 is 0 Å². The van der Waals surface area contributed by atoms with Crippen molar-refractivity contribution in [1.29, 1.82) is 0 Å². The Morgan fingerprint density at radius 1 is 1.00 bits per heavy atom. The largest absolute Gasteiger partial charge is 0.0807 e. The molecule has 0 spiro atoms. The molecule has 0 amide bonds. The third-order valence-corrected chi connectivity index (χ3v) is 1.18. The molecule has 10 heavy (non-hydrogen) atoms. The molecule has 0 atom stereocenters. The van der Waals surface area contributed by atoms with Crippen molar-refractivity contribution in [2.24, 2.45) is 0 Å². The normalized spacial score (nSPS) is 12.8. The minimum Gasteiger partial charge on any atom is -0.0807 e. The van der Waals surface area contributed by atoms with Gasteiger partial charge in [0.05, 0.1) is 0 Å². The summed E-state index contributed by atoms with van der Waals surface area (Å²) in [6, 6.07) is 12.5. The number of hydrogen-bond donors (Lipinski definition) is 0. The highest BCUT2D eigenvalue weighted by Gasteiger charge is 1.82. The van der Waals surface area contributed by atoms with Crippen LogP contribution in [0.2, 0.25) is 0 Å². The molecule has 0 heterocycles. The molecule has 1 aromatic carbocycles. The summed E-state index contributed by atoms with van der Waals surface area (Å²) in [5.41, 5.74) is 0. The average molecular weight is 130 g/mol. The summed E-state index contributed by atoms with van der Waals surface area (Å²) in [4.78, 5) is 0. The lowest BCUT2D eigenvalue weighted by Crippen LogP contribution is -1.73. The maximum atomic E-state index is 2.99. The lowest BCUT2D eigenvalue weighted by atomic mass is 10.1. The van der Waals surface area contributed by atoms with Crippen LogP contribution in [0.15, 0.2) is 36.4 Å². The fraction of sp³-hybridized carbons (Fsp3) is 0.200. The van der Waals surface area contributed by atoms with E-state index in [1.165, 1.54) is 12.8 Å². The number of hydrogen-bond acceptors (Lipinski definition) is 0. The van der Waals surface area contributed by atoms with Crippen molar-refractivity contribution in [2.75, 3.05) is 0 Å². The van der Waals surface area contributed by atoms with Gasteiger partial charge in [-0.15, -0.1) is 0 Å². The van der Waals surface area contributed by atoms with Crippen molar-refractivity contribution in [3.05, 3.63) is 48.6 Å². The molecule has 0 bridgehead atoms. The van der Waals surface area contributed by atoms with Crippen LogP contribution >= 0.6 is 0 Å². The molecule has 1 aliphatic rings. The van der Waals surface area contributed by atoms with Gasteiger partial charge >= 0.3 is 0 Å². The highest BCUT2D eigenvalue weighted by molar-refractivity contribution is 4.97. The van der Waals surface area contributed by atoms with Gasteiger partial charge in [-0.3, -0.25) is 0 Å². The van der Waals surface area contributed by atoms with Crippen molar-refractivity contribution in [3.8, 4) is 0 Å². The van der Waals surface area contributed by atoms with Crippen molar-refractivity contribution < 1.29 is 0 Å². The summed E-state index contributed by atoms with van der Waals surface area (Å²) >= 11 is 0. The summed E-state index contributed by atoms with van der Waals surface area (Å²) < 4.78 is 0. The number of allylic oxidation sites excluding steroid dienone is 2. The lowest BCUT2D eigenvalue weighted by molar-refractivity contribution is 0.928. The van der Waals surface area contributed by atoms with E-state index in [2.05, 4.69) is 18.2 Å². The zero-order chi connectivity index (χ0) is 7.07. The van der Waals surface area contributed by atoms with Crippen LogP contribution in [-0.4, -0.2) is 0 Å². The van der Waals surface area contributed by atoms with E-state index >= 15 is 0 Å². The van der Waals surface area contributed by atoms with Gasteiger partial charge in [0, 0.05) is 0 Å². The van der Waals surface area contributed by atoms with E-state index in [0.717, 1.165) is 0 Å².